The normalized spacial score (nSPS) is 12.4. The number of halogens is 3. The van der Waals surface area contributed by atoms with E-state index in [1.165, 1.54) is 47.9 Å². The Morgan fingerprint density at radius 2 is 2.00 bits per heavy atom. The SMILES string of the molecule is NCCCn1c(-c2ccc(OC(F)(F)F)cc2)csc1=NC(=O)c1ccco1. The van der Waals surface area contributed by atoms with Crippen LogP contribution in [0, 0.1) is 0 Å². The second-order valence-corrected chi connectivity index (χ2v) is 6.50. The summed E-state index contributed by atoms with van der Waals surface area (Å²) in [6.45, 7) is 0.937. The lowest BCUT2D eigenvalue weighted by Crippen LogP contribution is -2.20. The second-order valence-electron chi connectivity index (χ2n) is 5.66. The number of hydrogen-bond acceptors (Lipinski definition) is 5. The van der Waals surface area contributed by atoms with Crippen molar-refractivity contribution in [2.75, 3.05) is 6.54 Å². The van der Waals surface area contributed by atoms with E-state index < -0.39 is 12.3 Å². The molecule has 0 bridgehead atoms. The van der Waals surface area contributed by atoms with E-state index in [9.17, 15) is 18.0 Å². The molecule has 1 amide bonds. The number of aromatic nitrogens is 1. The predicted octanol–water partition coefficient (Wildman–Crippen LogP) is 3.80. The van der Waals surface area contributed by atoms with Crippen molar-refractivity contribution < 1.29 is 27.1 Å². The number of nitrogens with zero attached hydrogens (tertiary/aromatic N) is 2. The zero-order valence-electron chi connectivity index (χ0n) is 14.5. The van der Waals surface area contributed by atoms with Gasteiger partial charge in [-0.05, 0) is 54.9 Å². The zero-order chi connectivity index (χ0) is 20.1. The molecule has 28 heavy (non-hydrogen) atoms. The van der Waals surface area contributed by atoms with Crippen molar-refractivity contribution in [3.8, 4) is 17.0 Å². The lowest BCUT2D eigenvalue weighted by molar-refractivity contribution is -0.274. The van der Waals surface area contributed by atoms with Gasteiger partial charge >= 0.3 is 12.3 Å². The number of amides is 1. The van der Waals surface area contributed by atoms with Crippen LogP contribution < -0.4 is 15.3 Å². The molecule has 3 rings (SSSR count). The van der Waals surface area contributed by atoms with Crippen LogP contribution in [0.3, 0.4) is 0 Å². The molecule has 0 radical (unpaired) electrons. The molecule has 0 unspecified atom stereocenters. The van der Waals surface area contributed by atoms with Gasteiger partial charge in [-0.1, -0.05) is 0 Å². The molecule has 0 atom stereocenters. The van der Waals surface area contributed by atoms with Crippen molar-refractivity contribution >= 4 is 17.2 Å². The fourth-order valence-corrected chi connectivity index (χ4v) is 3.42. The first-order chi connectivity index (χ1) is 13.4. The lowest BCUT2D eigenvalue weighted by Gasteiger charge is -2.11. The number of carbonyl (C=O) groups is 1. The number of ether oxygens (including phenoxy) is 1. The first-order valence-electron chi connectivity index (χ1n) is 8.24. The van der Waals surface area contributed by atoms with Gasteiger partial charge in [0.15, 0.2) is 10.6 Å². The third kappa shape index (κ3) is 4.90. The Hall–Kier alpha value is -2.85. The first-order valence-corrected chi connectivity index (χ1v) is 9.12. The Bertz CT molecular complexity index is 990. The first kappa shape index (κ1) is 19.9. The van der Waals surface area contributed by atoms with Crippen LogP contribution in [0.15, 0.2) is 57.5 Å². The molecule has 0 saturated heterocycles. The number of benzene rings is 1. The van der Waals surface area contributed by atoms with Gasteiger partial charge in [0.05, 0.1) is 12.0 Å². The van der Waals surface area contributed by atoms with Crippen molar-refractivity contribution in [2.45, 2.75) is 19.3 Å². The van der Waals surface area contributed by atoms with Gasteiger partial charge in [-0.15, -0.1) is 24.5 Å². The highest BCUT2D eigenvalue weighted by Crippen LogP contribution is 2.27. The summed E-state index contributed by atoms with van der Waals surface area (Å²) in [6, 6.07) is 8.61. The van der Waals surface area contributed by atoms with Crippen LogP contribution in [0.1, 0.15) is 17.0 Å². The molecule has 0 fully saturated rings. The van der Waals surface area contributed by atoms with Gasteiger partial charge in [0.1, 0.15) is 5.75 Å². The number of thiazole rings is 1. The highest BCUT2D eigenvalue weighted by atomic mass is 32.1. The molecule has 2 N–H and O–H groups in total. The fourth-order valence-electron chi connectivity index (χ4n) is 2.48. The van der Waals surface area contributed by atoms with E-state index in [-0.39, 0.29) is 11.5 Å². The highest BCUT2D eigenvalue weighted by molar-refractivity contribution is 7.07. The minimum atomic E-state index is -4.75. The fraction of sp³-hybridized carbons (Fsp3) is 0.222. The van der Waals surface area contributed by atoms with Crippen molar-refractivity contribution in [2.24, 2.45) is 10.7 Å². The summed E-state index contributed by atoms with van der Waals surface area (Å²) in [6.07, 6.45) is -2.72. The molecule has 0 spiro atoms. The van der Waals surface area contributed by atoms with E-state index in [1.807, 2.05) is 0 Å². The van der Waals surface area contributed by atoms with Gasteiger partial charge in [-0.2, -0.15) is 4.99 Å². The summed E-state index contributed by atoms with van der Waals surface area (Å²) < 4.78 is 47.7. The minimum absolute atomic E-state index is 0.119. The Kier molecular flexibility index (Phi) is 6.00. The Morgan fingerprint density at radius 1 is 1.25 bits per heavy atom. The zero-order valence-corrected chi connectivity index (χ0v) is 15.3. The Morgan fingerprint density at radius 3 is 2.61 bits per heavy atom. The standard InChI is InChI=1S/C18H16F3N3O3S/c19-18(20,21)27-13-6-4-12(5-7-13)14-11-28-17(24(14)9-2-8-22)23-16(25)15-3-1-10-26-15/h1,3-7,10-11H,2,8-9,22H2. The van der Waals surface area contributed by atoms with Crippen molar-refractivity contribution in [1.29, 1.82) is 0 Å². The maximum Gasteiger partial charge on any atom is 0.573 e. The number of rotatable bonds is 6. The minimum Gasteiger partial charge on any atom is -0.459 e. The lowest BCUT2D eigenvalue weighted by atomic mass is 10.1. The molecule has 10 heteroatoms. The van der Waals surface area contributed by atoms with Crippen LogP contribution in [-0.4, -0.2) is 23.4 Å². The van der Waals surface area contributed by atoms with Crippen LogP contribution in [0.25, 0.3) is 11.3 Å². The summed E-state index contributed by atoms with van der Waals surface area (Å²) in [5.41, 5.74) is 6.97. The smallest absolute Gasteiger partial charge is 0.459 e. The number of furan rings is 1. The predicted molar refractivity (Wildman–Crippen MR) is 96.7 cm³/mol. The van der Waals surface area contributed by atoms with Crippen molar-refractivity contribution in [3.63, 3.8) is 0 Å². The molecule has 0 aliphatic heterocycles. The number of hydrogen-bond donors (Lipinski definition) is 1. The van der Waals surface area contributed by atoms with Gasteiger partial charge in [-0.3, -0.25) is 4.79 Å². The molecular weight excluding hydrogens is 395 g/mol. The van der Waals surface area contributed by atoms with Gasteiger partial charge in [0, 0.05) is 11.9 Å². The second kappa shape index (κ2) is 8.44. The van der Waals surface area contributed by atoms with E-state index >= 15 is 0 Å². The van der Waals surface area contributed by atoms with E-state index in [4.69, 9.17) is 10.2 Å². The summed E-state index contributed by atoms with van der Waals surface area (Å²) >= 11 is 1.24. The number of carbonyl (C=O) groups excluding carboxylic acids is 1. The number of nitrogens with two attached hydrogens (primary N) is 1. The van der Waals surface area contributed by atoms with Gasteiger partial charge in [0.2, 0.25) is 0 Å². The summed E-state index contributed by atoms with van der Waals surface area (Å²) in [5, 5.41) is 1.78. The average Bonchev–Trinajstić information content (AvgIpc) is 3.29. The molecule has 1 aromatic carbocycles. The summed E-state index contributed by atoms with van der Waals surface area (Å²) in [5.74, 6) is -0.708. The van der Waals surface area contributed by atoms with Crippen LogP contribution >= 0.6 is 11.3 Å². The van der Waals surface area contributed by atoms with E-state index in [2.05, 4.69) is 9.73 Å². The van der Waals surface area contributed by atoms with E-state index in [0.29, 0.717) is 35.6 Å². The molecule has 6 nitrogen and oxygen atoms in total. The average molecular weight is 411 g/mol. The van der Waals surface area contributed by atoms with Crippen molar-refractivity contribution in [3.05, 3.63) is 58.6 Å². The van der Waals surface area contributed by atoms with Crippen LogP contribution in [-0.2, 0) is 6.54 Å². The largest absolute Gasteiger partial charge is 0.573 e. The topological polar surface area (TPSA) is 82.8 Å². The third-order valence-electron chi connectivity index (χ3n) is 3.70. The molecule has 3 aromatic rings. The Balaban J connectivity index is 1.95. The molecule has 148 valence electrons. The molecule has 2 aromatic heterocycles. The molecular formula is C18H16F3N3O3S. The Labute approximate surface area is 161 Å². The maximum atomic E-state index is 12.3. The van der Waals surface area contributed by atoms with E-state index in [0.717, 1.165) is 0 Å². The van der Waals surface area contributed by atoms with Gasteiger partial charge in [-0.25, -0.2) is 0 Å². The van der Waals surface area contributed by atoms with Crippen LogP contribution in [0.2, 0.25) is 0 Å². The summed E-state index contributed by atoms with van der Waals surface area (Å²) in [7, 11) is 0. The van der Waals surface area contributed by atoms with Crippen LogP contribution in [0.4, 0.5) is 13.2 Å². The van der Waals surface area contributed by atoms with Crippen LogP contribution in [0.5, 0.6) is 5.75 Å². The quantitative estimate of drug-likeness (QED) is 0.669. The van der Waals surface area contributed by atoms with Gasteiger partial charge in [0.25, 0.3) is 0 Å². The van der Waals surface area contributed by atoms with E-state index in [1.54, 1.807) is 16.0 Å². The van der Waals surface area contributed by atoms with Gasteiger partial charge < -0.3 is 19.5 Å². The molecule has 2 heterocycles. The van der Waals surface area contributed by atoms with Crippen molar-refractivity contribution in [1.82, 2.24) is 4.57 Å². The molecule has 0 aliphatic carbocycles. The number of alkyl halides is 3. The summed E-state index contributed by atoms with van der Waals surface area (Å²) in [4.78, 5) is 16.8. The highest BCUT2D eigenvalue weighted by Gasteiger charge is 2.31. The molecule has 0 aliphatic rings. The molecule has 0 saturated carbocycles. The maximum absolute atomic E-state index is 12.3. The third-order valence-corrected chi connectivity index (χ3v) is 4.56. The monoisotopic (exact) mass is 411 g/mol.